The molecule has 0 aromatic carbocycles. The molecule has 2 aromatic heterocycles. The number of aromatic nitrogens is 2. The van der Waals surface area contributed by atoms with Crippen molar-refractivity contribution >= 4 is 34.5 Å². The molecule has 0 aliphatic heterocycles. The third kappa shape index (κ3) is 3.12. The first-order valence-electron chi connectivity index (χ1n) is 5.06. The Balaban J connectivity index is 2.21. The summed E-state index contributed by atoms with van der Waals surface area (Å²) in [6.07, 6.45) is 2.92. The van der Waals surface area contributed by atoms with E-state index in [2.05, 4.69) is 20.2 Å². The van der Waals surface area contributed by atoms with E-state index >= 15 is 0 Å². The van der Waals surface area contributed by atoms with Gasteiger partial charge in [0.25, 0.3) is 0 Å². The van der Waals surface area contributed by atoms with E-state index in [1.54, 1.807) is 11.3 Å². The average Bonchev–Trinajstić information content (AvgIpc) is 2.89. The molecule has 0 aliphatic carbocycles. The first-order valence-corrected chi connectivity index (χ1v) is 6.32. The fourth-order valence-corrected chi connectivity index (χ4v) is 2.00. The molecule has 0 saturated carbocycles. The molecule has 0 aliphatic rings. The van der Waals surface area contributed by atoms with Gasteiger partial charge in [0.2, 0.25) is 0 Å². The fraction of sp³-hybridized carbons (Fsp3) is 0.0909. The van der Waals surface area contributed by atoms with E-state index in [-0.39, 0.29) is 11.0 Å². The van der Waals surface area contributed by atoms with Crippen LogP contribution in [0.2, 0.25) is 5.15 Å². The van der Waals surface area contributed by atoms with Crippen LogP contribution in [0.5, 0.6) is 0 Å². The highest BCUT2D eigenvalue weighted by Gasteiger charge is 2.02. The maximum atomic E-state index is 5.75. The summed E-state index contributed by atoms with van der Waals surface area (Å²) in [5.74, 6) is 0.181. The van der Waals surface area contributed by atoms with Gasteiger partial charge in [-0.25, -0.2) is 4.98 Å². The minimum Gasteiger partial charge on any atom is -0.380 e. The molecule has 0 amide bonds. The van der Waals surface area contributed by atoms with Gasteiger partial charge >= 0.3 is 0 Å². The minimum absolute atomic E-state index is 0.181. The third-order valence-electron chi connectivity index (χ3n) is 2.05. The van der Waals surface area contributed by atoms with Crippen LogP contribution in [0.25, 0.3) is 0 Å². The van der Waals surface area contributed by atoms with E-state index in [1.807, 2.05) is 24.4 Å². The van der Waals surface area contributed by atoms with Crippen molar-refractivity contribution < 1.29 is 0 Å². The summed E-state index contributed by atoms with van der Waals surface area (Å²) in [4.78, 5) is 8.92. The number of nitrogens with two attached hydrogens (primary N) is 1. The van der Waals surface area contributed by atoms with Crippen molar-refractivity contribution in [3.05, 3.63) is 45.6 Å². The lowest BCUT2D eigenvalue weighted by atomic mass is 10.3. The maximum absolute atomic E-state index is 5.75. The van der Waals surface area contributed by atoms with Crippen molar-refractivity contribution in [1.29, 1.82) is 0 Å². The highest BCUT2D eigenvalue weighted by atomic mass is 35.5. The van der Waals surface area contributed by atoms with Crippen molar-refractivity contribution in [2.24, 2.45) is 15.9 Å². The summed E-state index contributed by atoms with van der Waals surface area (Å²) in [5.41, 5.74) is 6.95. The van der Waals surface area contributed by atoms with Crippen molar-refractivity contribution in [2.45, 2.75) is 6.92 Å². The van der Waals surface area contributed by atoms with E-state index in [4.69, 9.17) is 17.3 Å². The van der Waals surface area contributed by atoms with Gasteiger partial charge in [0.15, 0.2) is 5.84 Å². The van der Waals surface area contributed by atoms with Crippen LogP contribution in [0.3, 0.4) is 0 Å². The smallest absolute Gasteiger partial charge is 0.173 e. The van der Waals surface area contributed by atoms with Crippen molar-refractivity contribution in [1.82, 2.24) is 9.97 Å². The number of thiophene rings is 1. The molecule has 5 nitrogen and oxygen atoms in total. The van der Waals surface area contributed by atoms with Crippen LogP contribution in [0.1, 0.15) is 17.5 Å². The number of halogens is 1. The zero-order valence-electron chi connectivity index (χ0n) is 9.54. The molecule has 0 bridgehead atoms. The SMILES string of the molecule is C/C(=N\N=C(/N)c1cncc(Cl)n1)c1cccs1. The molecular weight excluding hydrogens is 270 g/mol. The van der Waals surface area contributed by atoms with Crippen LogP contribution in [-0.2, 0) is 0 Å². The van der Waals surface area contributed by atoms with Crippen LogP contribution in [-0.4, -0.2) is 21.5 Å². The molecule has 0 unspecified atom stereocenters. The Morgan fingerprint density at radius 3 is 2.89 bits per heavy atom. The lowest BCUT2D eigenvalue weighted by molar-refractivity contribution is 1.14. The Morgan fingerprint density at radius 2 is 2.22 bits per heavy atom. The van der Waals surface area contributed by atoms with Gasteiger partial charge in [-0.05, 0) is 18.4 Å². The number of amidine groups is 1. The van der Waals surface area contributed by atoms with Gasteiger partial charge in [0.1, 0.15) is 10.8 Å². The summed E-state index contributed by atoms with van der Waals surface area (Å²) in [6.45, 7) is 1.87. The Kier molecular flexibility index (Phi) is 4.01. The second-order valence-corrected chi connectivity index (χ2v) is 4.71. The molecule has 2 heterocycles. The number of rotatable bonds is 3. The Labute approximate surface area is 113 Å². The molecule has 2 N–H and O–H groups in total. The zero-order chi connectivity index (χ0) is 13.0. The van der Waals surface area contributed by atoms with E-state index < -0.39 is 0 Å². The lowest BCUT2D eigenvalue weighted by Crippen LogP contribution is -2.15. The molecule has 2 rings (SSSR count). The quantitative estimate of drug-likeness (QED) is 0.532. The molecule has 2 aromatic rings. The van der Waals surface area contributed by atoms with Gasteiger partial charge in [-0.2, -0.15) is 5.10 Å². The highest BCUT2D eigenvalue weighted by Crippen LogP contribution is 2.10. The maximum Gasteiger partial charge on any atom is 0.173 e. The molecule has 0 atom stereocenters. The molecule has 0 radical (unpaired) electrons. The third-order valence-corrected chi connectivity index (χ3v) is 3.21. The highest BCUT2D eigenvalue weighted by molar-refractivity contribution is 7.12. The second-order valence-electron chi connectivity index (χ2n) is 3.37. The summed E-state index contributed by atoms with van der Waals surface area (Å²) in [5, 5.41) is 10.2. The van der Waals surface area contributed by atoms with Crippen LogP contribution >= 0.6 is 22.9 Å². The number of nitrogens with zero attached hydrogens (tertiary/aromatic N) is 4. The van der Waals surface area contributed by atoms with Gasteiger partial charge in [-0.15, -0.1) is 16.4 Å². The van der Waals surface area contributed by atoms with E-state index in [9.17, 15) is 0 Å². The van der Waals surface area contributed by atoms with E-state index in [0.717, 1.165) is 10.6 Å². The standard InChI is InChI=1S/C11H10ClN5S/c1-7(9-3-2-4-18-9)16-17-11(13)8-5-14-6-10(12)15-8/h2-6H,1H3,(H2,13,17)/b16-7+. The summed E-state index contributed by atoms with van der Waals surface area (Å²) >= 11 is 7.31. The van der Waals surface area contributed by atoms with Crippen molar-refractivity contribution in [3.63, 3.8) is 0 Å². The number of hydrogen-bond acceptors (Lipinski definition) is 5. The molecule has 0 saturated heterocycles. The van der Waals surface area contributed by atoms with Crippen LogP contribution < -0.4 is 5.73 Å². The van der Waals surface area contributed by atoms with Crippen molar-refractivity contribution in [3.8, 4) is 0 Å². The summed E-state index contributed by atoms with van der Waals surface area (Å²) in [6, 6.07) is 3.92. The van der Waals surface area contributed by atoms with Gasteiger partial charge in [-0.1, -0.05) is 17.7 Å². The van der Waals surface area contributed by atoms with Crippen molar-refractivity contribution in [2.75, 3.05) is 0 Å². The second kappa shape index (κ2) is 5.70. The van der Waals surface area contributed by atoms with E-state index in [0.29, 0.717) is 5.69 Å². The molecular formula is C11H10ClN5S. The zero-order valence-corrected chi connectivity index (χ0v) is 11.1. The largest absolute Gasteiger partial charge is 0.380 e. The molecule has 92 valence electrons. The Morgan fingerprint density at radius 1 is 1.39 bits per heavy atom. The van der Waals surface area contributed by atoms with Gasteiger partial charge in [0.05, 0.1) is 23.0 Å². The Bertz CT molecular complexity index is 591. The molecule has 7 heteroatoms. The lowest BCUT2D eigenvalue weighted by Gasteiger charge is -1.97. The summed E-state index contributed by atoms with van der Waals surface area (Å²) in [7, 11) is 0. The topological polar surface area (TPSA) is 76.5 Å². The normalized spacial score (nSPS) is 12.8. The molecule has 0 fully saturated rings. The predicted molar refractivity (Wildman–Crippen MR) is 74.3 cm³/mol. The minimum atomic E-state index is 0.181. The number of hydrogen-bond donors (Lipinski definition) is 1. The fourth-order valence-electron chi connectivity index (χ4n) is 1.18. The summed E-state index contributed by atoms with van der Waals surface area (Å²) < 4.78 is 0. The van der Waals surface area contributed by atoms with Crippen LogP contribution in [0.4, 0.5) is 0 Å². The van der Waals surface area contributed by atoms with E-state index in [1.165, 1.54) is 12.4 Å². The monoisotopic (exact) mass is 279 g/mol. The first-order chi connectivity index (χ1) is 8.66. The van der Waals surface area contributed by atoms with Crippen LogP contribution in [0.15, 0.2) is 40.1 Å². The predicted octanol–water partition coefficient (Wildman–Crippen LogP) is 2.32. The Hall–Kier alpha value is -1.79. The van der Waals surface area contributed by atoms with Crippen LogP contribution in [0, 0.1) is 0 Å². The van der Waals surface area contributed by atoms with Gasteiger partial charge in [-0.3, -0.25) is 4.98 Å². The van der Waals surface area contributed by atoms with Gasteiger partial charge in [0, 0.05) is 0 Å². The first kappa shape index (κ1) is 12.7. The molecule has 0 spiro atoms. The average molecular weight is 280 g/mol. The molecule has 18 heavy (non-hydrogen) atoms. The van der Waals surface area contributed by atoms with Gasteiger partial charge < -0.3 is 5.73 Å².